The van der Waals surface area contributed by atoms with Crippen molar-refractivity contribution in [2.24, 2.45) is 0 Å². The molecule has 1 N–H and O–H groups in total. The van der Waals surface area contributed by atoms with Gasteiger partial charge in [-0.15, -0.1) is 0 Å². The fourth-order valence-electron chi connectivity index (χ4n) is 1.76. The molecule has 1 aromatic carbocycles. The van der Waals surface area contributed by atoms with Gasteiger partial charge in [-0.2, -0.15) is 0 Å². The molecule has 0 unspecified atom stereocenters. The van der Waals surface area contributed by atoms with Crippen LogP contribution in [0, 0.1) is 0 Å². The molecule has 0 amide bonds. The van der Waals surface area contributed by atoms with Crippen molar-refractivity contribution in [1.82, 2.24) is 0 Å². The van der Waals surface area contributed by atoms with E-state index in [2.05, 4.69) is 6.92 Å². The fraction of sp³-hybridized carbons (Fsp3) is 0.312. The van der Waals surface area contributed by atoms with Gasteiger partial charge >= 0.3 is 5.97 Å². The maximum atomic E-state index is 10.9. The van der Waals surface area contributed by atoms with E-state index in [1.54, 1.807) is 18.2 Å². The van der Waals surface area contributed by atoms with Gasteiger partial charge in [0.15, 0.2) is 0 Å². The maximum absolute atomic E-state index is 10.9. The van der Waals surface area contributed by atoms with E-state index in [9.17, 15) is 4.79 Å². The lowest BCUT2D eigenvalue weighted by atomic mass is 10.2. The lowest BCUT2D eigenvalue weighted by Crippen LogP contribution is -2.02. The molecular formula is C16H18O5. The summed E-state index contributed by atoms with van der Waals surface area (Å²) in [5, 5.41) is 8.93. The van der Waals surface area contributed by atoms with E-state index in [1.807, 2.05) is 12.1 Å². The number of aromatic carboxylic acids is 1. The zero-order chi connectivity index (χ0) is 15.1. The second kappa shape index (κ2) is 7.38. The molecule has 5 heteroatoms. The monoisotopic (exact) mass is 290 g/mol. The average Bonchev–Trinajstić information content (AvgIpc) is 2.95. The number of hydrogen-bond donors (Lipinski definition) is 1. The van der Waals surface area contributed by atoms with Crippen LogP contribution in [0.1, 0.15) is 35.9 Å². The van der Waals surface area contributed by atoms with Crippen LogP contribution >= 0.6 is 0 Å². The molecule has 2 rings (SSSR count). The maximum Gasteiger partial charge on any atom is 0.372 e. The summed E-state index contributed by atoms with van der Waals surface area (Å²) in [5.41, 5.74) is 0.505. The number of carboxylic acid groups (broad SMARTS) is 1. The van der Waals surface area contributed by atoms with Crippen molar-refractivity contribution < 1.29 is 23.8 Å². The van der Waals surface area contributed by atoms with Crippen LogP contribution in [-0.4, -0.2) is 17.7 Å². The van der Waals surface area contributed by atoms with E-state index in [4.69, 9.17) is 19.0 Å². The van der Waals surface area contributed by atoms with Gasteiger partial charge in [0.2, 0.25) is 5.76 Å². The molecular weight excluding hydrogens is 272 g/mol. The van der Waals surface area contributed by atoms with E-state index in [0.717, 1.165) is 18.6 Å². The highest BCUT2D eigenvalue weighted by Gasteiger charge is 2.14. The van der Waals surface area contributed by atoms with E-state index < -0.39 is 5.97 Å². The highest BCUT2D eigenvalue weighted by molar-refractivity contribution is 5.86. The molecule has 5 nitrogen and oxygen atoms in total. The molecule has 0 spiro atoms. The highest BCUT2D eigenvalue weighted by atomic mass is 16.5. The third-order valence-corrected chi connectivity index (χ3v) is 2.93. The molecule has 0 aliphatic heterocycles. The number of hydrogen-bond acceptors (Lipinski definition) is 4. The van der Waals surface area contributed by atoms with Gasteiger partial charge in [0.05, 0.1) is 12.9 Å². The first-order valence-corrected chi connectivity index (χ1v) is 6.86. The molecule has 0 fully saturated rings. The molecule has 0 bridgehead atoms. The van der Waals surface area contributed by atoms with E-state index in [1.165, 1.54) is 6.26 Å². The summed E-state index contributed by atoms with van der Waals surface area (Å²) in [6.45, 7) is 2.96. The summed E-state index contributed by atoms with van der Waals surface area (Å²) in [5.74, 6) is 0.258. The van der Waals surface area contributed by atoms with Crippen LogP contribution in [0.2, 0.25) is 0 Å². The number of carbonyl (C=O) groups is 1. The molecule has 0 atom stereocenters. The standard InChI is InChI=1S/C16H18O5/c1-2-3-9-19-13-4-6-14(7-5-13)21-11-12-8-10-20-15(12)16(17)18/h4-8,10H,2-3,9,11H2,1H3,(H,17,18). The molecule has 21 heavy (non-hydrogen) atoms. The predicted octanol–water partition coefficient (Wildman–Crippen LogP) is 3.74. The topological polar surface area (TPSA) is 68.9 Å². The molecule has 0 aliphatic rings. The van der Waals surface area contributed by atoms with Gasteiger partial charge in [0.25, 0.3) is 0 Å². The number of ether oxygens (including phenoxy) is 2. The summed E-state index contributed by atoms with van der Waals surface area (Å²) < 4.78 is 16.0. The van der Waals surface area contributed by atoms with E-state index in [-0.39, 0.29) is 12.4 Å². The molecule has 2 aromatic rings. The molecule has 112 valence electrons. The number of benzene rings is 1. The highest BCUT2D eigenvalue weighted by Crippen LogP contribution is 2.20. The zero-order valence-electron chi connectivity index (χ0n) is 11.9. The van der Waals surface area contributed by atoms with Gasteiger partial charge < -0.3 is 19.0 Å². The van der Waals surface area contributed by atoms with Crippen molar-refractivity contribution in [3.05, 3.63) is 47.9 Å². The van der Waals surface area contributed by atoms with Crippen molar-refractivity contribution in [2.45, 2.75) is 26.4 Å². The SMILES string of the molecule is CCCCOc1ccc(OCc2ccoc2C(=O)O)cc1. The van der Waals surface area contributed by atoms with Gasteiger partial charge in [-0.3, -0.25) is 0 Å². The Morgan fingerprint density at radius 2 is 1.81 bits per heavy atom. The van der Waals surface area contributed by atoms with Crippen molar-refractivity contribution in [3.63, 3.8) is 0 Å². The number of unbranched alkanes of at least 4 members (excludes halogenated alkanes) is 1. The van der Waals surface area contributed by atoms with E-state index >= 15 is 0 Å². The van der Waals surface area contributed by atoms with Crippen molar-refractivity contribution in [3.8, 4) is 11.5 Å². The molecule has 0 saturated heterocycles. The van der Waals surface area contributed by atoms with Crippen LogP contribution in [0.25, 0.3) is 0 Å². The van der Waals surface area contributed by atoms with Gasteiger partial charge in [0, 0.05) is 5.56 Å². The predicted molar refractivity (Wildman–Crippen MR) is 76.8 cm³/mol. The van der Waals surface area contributed by atoms with Crippen molar-refractivity contribution >= 4 is 5.97 Å². The zero-order valence-corrected chi connectivity index (χ0v) is 11.9. The fourth-order valence-corrected chi connectivity index (χ4v) is 1.76. The normalized spacial score (nSPS) is 10.3. The van der Waals surface area contributed by atoms with Gasteiger partial charge in [0.1, 0.15) is 18.1 Å². The third-order valence-electron chi connectivity index (χ3n) is 2.93. The summed E-state index contributed by atoms with van der Waals surface area (Å²) >= 11 is 0. The average molecular weight is 290 g/mol. The smallest absolute Gasteiger partial charge is 0.372 e. The Morgan fingerprint density at radius 1 is 1.14 bits per heavy atom. The lowest BCUT2D eigenvalue weighted by molar-refractivity contribution is 0.0658. The Labute approximate surface area is 123 Å². The quantitative estimate of drug-likeness (QED) is 0.750. The number of furan rings is 1. The lowest BCUT2D eigenvalue weighted by Gasteiger charge is -2.08. The minimum Gasteiger partial charge on any atom is -0.494 e. The summed E-state index contributed by atoms with van der Waals surface area (Å²) in [4.78, 5) is 10.9. The Kier molecular flexibility index (Phi) is 5.26. The largest absolute Gasteiger partial charge is 0.494 e. The van der Waals surface area contributed by atoms with Gasteiger partial charge in [-0.25, -0.2) is 4.79 Å². The number of rotatable bonds is 8. The Bertz CT molecular complexity index is 571. The Morgan fingerprint density at radius 3 is 2.43 bits per heavy atom. The Balaban J connectivity index is 1.88. The minimum atomic E-state index is -1.10. The molecule has 0 aliphatic carbocycles. The minimum absolute atomic E-state index is 0.0884. The van der Waals surface area contributed by atoms with Crippen LogP contribution in [-0.2, 0) is 6.61 Å². The van der Waals surface area contributed by atoms with Crippen molar-refractivity contribution in [2.75, 3.05) is 6.61 Å². The van der Waals surface area contributed by atoms with Gasteiger partial charge in [-0.05, 0) is 36.8 Å². The summed E-state index contributed by atoms with van der Waals surface area (Å²) in [6, 6.07) is 8.84. The molecule has 0 radical (unpaired) electrons. The van der Waals surface area contributed by atoms with Crippen molar-refractivity contribution in [1.29, 1.82) is 0 Å². The molecule has 0 saturated carbocycles. The first kappa shape index (κ1) is 15.0. The van der Waals surface area contributed by atoms with E-state index in [0.29, 0.717) is 17.9 Å². The van der Waals surface area contributed by atoms with Gasteiger partial charge in [-0.1, -0.05) is 13.3 Å². The van der Waals surface area contributed by atoms with Crippen LogP contribution in [0.15, 0.2) is 41.0 Å². The second-order valence-corrected chi connectivity index (χ2v) is 4.54. The van der Waals surface area contributed by atoms with Crippen LogP contribution in [0.4, 0.5) is 0 Å². The third kappa shape index (κ3) is 4.27. The first-order chi connectivity index (χ1) is 10.2. The Hall–Kier alpha value is -2.43. The second-order valence-electron chi connectivity index (χ2n) is 4.54. The van der Waals surface area contributed by atoms with Crippen LogP contribution in [0.5, 0.6) is 11.5 Å². The first-order valence-electron chi connectivity index (χ1n) is 6.86. The molecule has 1 aromatic heterocycles. The van der Waals surface area contributed by atoms with Crippen LogP contribution < -0.4 is 9.47 Å². The summed E-state index contributed by atoms with van der Waals surface area (Å²) in [6.07, 6.45) is 3.46. The molecule has 1 heterocycles. The van der Waals surface area contributed by atoms with Crippen LogP contribution in [0.3, 0.4) is 0 Å². The summed E-state index contributed by atoms with van der Waals surface area (Å²) in [7, 11) is 0. The number of carboxylic acids is 1.